The maximum absolute atomic E-state index is 5.29. The molecular formula is C10H16BrN3O2. The second-order valence-corrected chi connectivity index (χ2v) is 4.11. The fourth-order valence-electron chi connectivity index (χ4n) is 1.12. The minimum atomic E-state index is 0.158. The van der Waals surface area contributed by atoms with E-state index < -0.39 is 0 Å². The maximum atomic E-state index is 5.29. The summed E-state index contributed by atoms with van der Waals surface area (Å²) in [6, 6.07) is 0.158. The van der Waals surface area contributed by atoms with Gasteiger partial charge < -0.3 is 14.8 Å². The first kappa shape index (κ1) is 13.2. The summed E-state index contributed by atoms with van der Waals surface area (Å²) >= 11 is 3.30. The molecule has 0 saturated carbocycles. The van der Waals surface area contributed by atoms with Crippen LogP contribution in [0.4, 0.5) is 5.95 Å². The number of nitrogens with zero attached hydrogens (tertiary/aromatic N) is 2. The van der Waals surface area contributed by atoms with E-state index in [2.05, 4.69) is 31.2 Å². The Hall–Kier alpha value is -0.880. The zero-order chi connectivity index (χ0) is 12.0. The molecule has 0 fully saturated rings. The molecule has 1 unspecified atom stereocenters. The molecule has 0 amide bonds. The zero-order valence-corrected chi connectivity index (χ0v) is 11.2. The van der Waals surface area contributed by atoms with E-state index >= 15 is 0 Å². The number of hydrogen-bond donors (Lipinski definition) is 1. The van der Waals surface area contributed by atoms with Crippen LogP contribution in [0.2, 0.25) is 0 Å². The quantitative estimate of drug-likeness (QED) is 0.869. The fourth-order valence-corrected chi connectivity index (χ4v) is 1.47. The van der Waals surface area contributed by atoms with Gasteiger partial charge in [-0.2, -0.15) is 4.98 Å². The van der Waals surface area contributed by atoms with E-state index in [1.807, 2.05) is 13.8 Å². The van der Waals surface area contributed by atoms with Crippen LogP contribution < -0.4 is 10.1 Å². The summed E-state index contributed by atoms with van der Waals surface area (Å²) in [6.45, 7) is 5.30. The summed E-state index contributed by atoms with van der Waals surface area (Å²) in [7, 11) is 1.57. The smallest absolute Gasteiger partial charge is 0.232 e. The largest absolute Gasteiger partial charge is 0.480 e. The van der Waals surface area contributed by atoms with E-state index in [1.54, 1.807) is 13.3 Å². The molecule has 0 aromatic carbocycles. The van der Waals surface area contributed by atoms with E-state index in [0.717, 1.165) is 4.47 Å². The molecule has 0 aliphatic carbocycles. The van der Waals surface area contributed by atoms with Gasteiger partial charge in [-0.15, -0.1) is 0 Å². The van der Waals surface area contributed by atoms with Gasteiger partial charge >= 0.3 is 0 Å². The molecule has 0 spiro atoms. The Labute approximate surface area is 104 Å². The first-order valence-corrected chi connectivity index (χ1v) is 5.87. The van der Waals surface area contributed by atoms with Crippen molar-refractivity contribution in [1.82, 2.24) is 9.97 Å². The highest BCUT2D eigenvalue weighted by Crippen LogP contribution is 2.21. The van der Waals surface area contributed by atoms with Crippen molar-refractivity contribution in [3.05, 3.63) is 10.7 Å². The van der Waals surface area contributed by atoms with Crippen molar-refractivity contribution in [1.29, 1.82) is 0 Å². The number of rotatable bonds is 6. The Morgan fingerprint density at radius 2 is 2.31 bits per heavy atom. The van der Waals surface area contributed by atoms with Gasteiger partial charge in [-0.3, -0.25) is 0 Å². The van der Waals surface area contributed by atoms with Gasteiger partial charge in [-0.1, -0.05) is 0 Å². The molecule has 6 heteroatoms. The van der Waals surface area contributed by atoms with E-state index in [-0.39, 0.29) is 6.04 Å². The normalized spacial score (nSPS) is 12.2. The Morgan fingerprint density at radius 1 is 1.56 bits per heavy atom. The summed E-state index contributed by atoms with van der Waals surface area (Å²) in [5, 5.41) is 3.13. The van der Waals surface area contributed by atoms with Crippen LogP contribution in [0.3, 0.4) is 0 Å². The molecule has 1 N–H and O–H groups in total. The number of methoxy groups -OCH3 is 1. The number of hydrogen-bond acceptors (Lipinski definition) is 5. The van der Waals surface area contributed by atoms with Gasteiger partial charge in [-0.05, 0) is 29.8 Å². The molecule has 1 aromatic heterocycles. The van der Waals surface area contributed by atoms with Gasteiger partial charge in [0.15, 0.2) is 0 Å². The molecule has 0 saturated heterocycles. The van der Waals surface area contributed by atoms with Crippen molar-refractivity contribution in [2.24, 2.45) is 0 Å². The lowest BCUT2D eigenvalue weighted by atomic mass is 10.4. The van der Waals surface area contributed by atoms with Crippen molar-refractivity contribution in [3.8, 4) is 5.88 Å². The van der Waals surface area contributed by atoms with Crippen molar-refractivity contribution in [2.75, 3.05) is 25.6 Å². The first-order valence-electron chi connectivity index (χ1n) is 5.08. The minimum absolute atomic E-state index is 0.158. The molecule has 1 atom stereocenters. The highest BCUT2D eigenvalue weighted by molar-refractivity contribution is 9.10. The van der Waals surface area contributed by atoms with E-state index in [9.17, 15) is 0 Å². The zero-order valence-electron chi connectivity index (χ0n) is 9.66. The van der Waals surface area contributed by atoms with Crippen molar-refractivity contribution >= 4 is 21.9 Å². The topological polar surface area (TPSA) is 56.3 Å². The van der Waals surface area contributed by atoms with Gasteiger partial charge in [0.25, 0.3) is 0 Å². The van der Waals surface area contributed by atoms with Crippen molar-refractivity contribution in [2.45, 2.75) is 19.9 Å². The Balaban J connectivity index is 2.59. The number of anilines is 1. The van der Waals surface area contributed by atoms with Gasteiger partial charge in [-0.25, -0.2) is 4.98 Å². The van der Waals surface area contributed by atoms with Crippen LogP contribution in [-0.4, -0.2) is 36.3 Å². The van der Waals surface area contributed by atoms with Crippen LogP contribution in [0.15, 0.2) is 10.7 Å². The van der Waals surface area contributed by atoms with Gasteiger partial charge in [0.2, 0.25) is 11.8 Å². The van der Waals surface area contributed by atoms with Gasteiger partial charge in [0.1, 0.15) is 0 Å². The lowest BCUT2D eigenvalue weighted by molar-refractivity contribution is 0.141. The SMILES string of the molecule is CCOCC(C)Nc1ncc(Br)c(OC)n1. The molecule has 5 nitrogen and oxygen atoms in total. The average Bonchev–Trinajstić information content (AvgIpc) is 2.29. The third kappa shape index (κ3) is 3.94. The molecular weight excluding hydrogens is 274 g/mol. The molecule has 0 bridgehead atoms. The lowest BCUT2D eigenvalue weighted by Crippen LogP contribution is -2.23. The molecule has 1 aromatic rings. The summed E-state index contributed by atoms with van der Waals surface area (Å²) in [6.07, 6.45) is 1.65. The van der Waals surface area contributed by atoms with Crippen LogP contribution in [-0.2, 0) is 4.74 Å². The molecule has 16 heavy (non-hydrogen) atoms. The second kappa shape index (κ2) is 6.65. The monoisotopic (exact) mass is 289 g/mol. The number of ether oxygens (including phenoxy) is 2. The third-order valence-corrected chi connectivity index (χ3v) is 2.40. The van der Waals surface area contributed by atoms with Crippen LogP contribution >= 0.6 is 15.9 Å². The van der Waals surface area contributed by atoms with Crippen LogP contribution in [0.5, 0.6) is 5.88 Å². The lowest BCUT2D eigenvalue weighted by Gasteiger charge is -2.13. The van der Waals surface area contributed by atoms with Crippen LogP contribution in [0.25, 0.3) is 0 Å². The molecule has 0 aliphatic heterocycles. The Kier molecular flexibility index (Phi) is 5.48. The van der Waals surface area contributed by atoms with Crippen molar-refractivity contribution < 1.29 is 9.47 Å². The average molecular weight is 290 g/mol. The van der Waals surface area contributed by atoms with Gasteiger partial charge in [0.05, 0.1) is 24.4 Å². The van der Waals surface area contributed by atoms with Gasteiger partial charge in [0, 0.05) is 12.6 Å². The minimum Gasteiger partial charge on any atom is -0.480 e. The van der Waals surface area contributed by atoms with Crippen LogP contribution in [0.1, 0.15) is 13.8 Å². The summed E-state index contributed by atoms with van der Waals surface area (Å²) in [5.41, 5.74) is 0. The van der Waals surface area contributed by atoms with E-state index in [0.29, 0.717) is 25.0 Å². The predicted molar refractivity (Wildman–Crippen MR) is 65.9 cm³/mol. The molecule has 1 rings (SSSR count). The highest BCUT2D eigenvalue weighted by Gasteiger charge is 2.07. The highest BCUT2D eigenvalue weighted by atomic mass is 79.9. The number of aromatic nitrogens is 2. The van der Waals surface area contributed by atoms with E-state index in [1.165, 1.54) is 0 Å². The summed E-state index contributed by atoms with van der Waals surface area (Å²) in [4.78, 5) is 8.32. The van der Waals surface area contributed by atoms with Crippen LogP contribution in [0, 0.1) is 0 Å². The fraction of sp³-hybridized carbons (Fsp3) is 0.600. The van der Waals surface area contributed by atoms with Crippen molar-refractivity contribution in [3.63, 3.8) is 0 Å². The standard InChI is InChI=1S/C10H16BrN3O2/c1-4-16-6-7(2)13-10-12-5-8(11)9(14-10)15-3/h5,7H,4,6H2,1-3H3,(H,12,13,14). The number of nitrogens with one attached hydrogen (secondary N) is 1. The Bertz CT molecular complexity index is 336. The summed E-state index contributed by atoms with van der Waals surface area (Å²) in [5.74, 6) is 1.05. The van der Waals surface area contributed by atoms with E-state index in [4.69, 9.17) is 9.47 Å². The molecule has 90 valence electrons. The molecule has 0 radical (unpaired) electrons. The number of halogens is 1. The first-order chi connectivity index (χ1) is 7.67. The molecule has 1 heterocycles. The maximum Gasteiger partial charge on any atom is 0.232 e. The molecule has 0 aliphatic rings. The predicted octanol–water partition coefficient (Wildman–Crippen LogP) is 2.08. The second-order valence-electron chi connectivity index (χ2n) is 3.26. The third-order valence-electron chi connectivity index (χ3n) is 1.85. The summed E-state index contributed by atoms with van der Waals surface area (Å²) < 4.78 is 11.1. The Morgan fingerprint density at radius 3 is 2.94 bits per heavy atom.